The third kappa shape index (κ3) is 1.18. The molecule has 9 heavy (non-hydrogen) atoms. The SMILES string of the molecule is CC1CC1(C)C(N)=O.Cl. The van der Waals surface area contributed by atoms with Gasteiger partial charge in [-0.25, -0.2) is 0 Å². The van der Waals surface area contributed by atoms with Crippen molar-refractivity contribution in [2.75, 3.05) is 0 Å². The first-order valence-corrected chi connectivity index (χ1v) is 2.87. The molecule has 0 heterocycles. The van der Waals surface area contributed by atoms with Gasteiger partial charge in [-0.3, -0.25) is 4.79 Å². The number of carbonyl (C=O) groups excluding carboxylic acids is 1. The van der Waals surface area contributed by atoms with E-state index in [0.29, 0.717) is 5.92 Å². The predicted molar refractivity (Wildman–Crippen MR) is 38.3 cm³/mol. The Bertz CT molecular complexity index is 137. The molecule has 1 fully saturated rings. The molecule has 0 radical (unpaired) electrons. The van der Waals surface area contributed by atoms with Crippen LogP contribution < -0.4 is 5.73 Å². The molecule has 1 aliphatic carbocycles. The average molecular weight is 150 g/mol. The number of halogens is 1. The van der Waals surface area contributed by atoms with Crippen LogP contribution in [0, 0.1) is 11.3 Å². The second-order valence-corrected chi connectivity index (χ2v) is 2.89. The van der Waals surface area contributed by atoms with Crippen molar-refractivity contribution in [3.63, 3.8) is 0 Å². The van der Waals surface area contributed by atoms with Gasteiger partial charge < -0.3 is 5.73 Å². The molecule has 0 aromatic carbocycles. The summed E-state index contributed by atoms with van der Waals surface area (Å²) in [7, 11) is 0. The number of hydrogen-bond donors (Lipinski definition) is 1. The molecule has 0 aromatic heterocycles. The first-order valence-electron chi connectivity index (χ1n) is 2.87. The predicted octanol–water partition coefficient (Wildman–Crippen LogP) is 0.940. The Balaban J connectivity index is 0.000000640. The van der Waals surface area contributed by atoms with E-state index in [9.17, 15) is 4.79 Å². The molecule has 54 valence electrons. The molecule has 0 bridgehead atoms. The highest BCUT2D eigenvalue weighted by atomic mass is 35.5. The Labute approximate surface area is 61.2 Å². The lowest BCUT2D eigenvalue weighted by Gasteiger charge is -1.99. The van der Waals surface area contributed by atoms with Gasteiger partial charge in [0.2, 0.25) is 5.91 Å². The quantitative estimate of drug-likeness (QED) is 0.593. The molecular weight excluding hydrogens is 138 g/mol. The van der Waals surface area contributed by atoms with Crippen LogP contribution >= 0.6 is 12.4 Å². The third-order valence-corrected chi connectivity index (χ3v) is 2.22. The summed E-state index contributed by atoms with van der Waals surface area (Å²) in [6, 6.07) is 0. The van der Waals surface area contributed by atoms with Crippen LogP contribution in [0.2, 0.25) is 0 Å². The van der Waals surface area contributed by atoms with Gasteiger partial charge >= 0.3 is 0 Å². The minimum atomic E-state index is -0.153. The summed E-state index contributed by atoms with van der Waals surface area (Å²) in [5, 5.41) is 0. The van der Waals surface area contributed by atoms with E-state index in [2.05, 4.69) is 0 Å². The van der Waals surface area contributed by atoms with Crippen molar-refractivity contribution in [3.8, 4) is 0 Å². The van der Waals surface area contributed by atoms with Gasteiger partial charge in [-0.05, 0) is 12.3 Å². The molecule has 2 N–H and O–H groups in total. The Morgan fingerprint density at radius 2 is 2.11 bits per heavy atom. The van der Waals surface area contributed by atoms with Crippen molar-refractivity contribution < 1.29 is 4.79 Å². The van der Waals surface area contributed by atoms with Crippen LogP contribution in [-0.4, -0.2) is 5.91 Å². The molecule has 1 rings (SSSR count). The summed E-state index contributed by atoms with van der Waals surface area (Å²) >= 11 is 0. The maximum Gasteiger partial charge on any atom is 0.223 e. The van der Waals surface area contributed by atoms with Gasteiger partial charge in [0, 0.05) is 5.41 Å². The molecule has 0 aromatic rings. The van der Waals surface area contributed by atoms with Gasteiger partial charge in [0.25, 0.3) is 0 Å². The maximum atomic E-state index is 10.5. The fraction of sp³-hybridized carbons (Fsp3) is 0.833. The molecule has 0 spiro atoms. The number of hydrogen-bond acceptors (Lipinski definition) is 1. The van der Waals surface area contributed by atoms with Crippen molar-refractivity contribution in [2.24, 2.45) is 17.1 Å². The van der Waals surface area contributed by atoms with Crippen LogP contribution in [-0.2, 0) is 4.79 Å². The van der Waals surface area contributed by atoms with E-state index < -0.39 is 0 Å². The summed E-state index contributed by atoms with van der Waals surface area (Å²) < 4.78 is 0. The average Bonchev–Trinajstić information content (AvgIpc) is 2.17. The van der Waals surface area contributed by atoms with E-state index in [1.165, 1.54) is 0 Å². The van der Waals surface area contributed by atoms with E-state index in [-0.39, 0.29) is 23.7 Å². The highest BCUT2D eigenvalue weighted by Gasteiger charge is 2.51. The van der Waals surface area contributed by atoms with Crippen molar-refractivity contribution >= 4 is 18.3 Å². The summed E-state index contributed by atoms with van der Waals surface area (Å²) in [6.07, 6.45) is 0.975. The summed E-state index contributed by atoms with van der Waals surface area (Å²) in [4.78, 5) is 10.5. The van der Waals surface area contributed by atoms with Crippen LogP contribution in [0.15, 0.2) is 0 Å². The zero-order chi connectivity index (χ0) is 6.36. The molecule has 0 aliphatic heterocycles. The van der Waals surface area contributed by atoms with Crippen LogP contribution in [0.1, 0.15) is 20.3 Å². The fourth-order valence-corrected chi connectivity index (χ4v) is 0.921. The van der Waals surface area contributed by atoms with Crippen LogP contribution in [0.25, 0.3) is 0 Å². The highest BCUT2D eigenvalue weighted by molar-refractivity contribution is 5.85. The molecule has 2 atom stereocenters. The van der Waals surface area contributed by atoms with Crippen molar-refractivity contribution in [1.29, 1.82) is 0 Å². The summed E-state index contributed by atoms with van der Waals surface area (Å²) in [5.74, 6) is 0.366. The Hall–Kier alpha value is -0.240. The number of nitrogens with two attached hydrogens (primary N) is 1. The Morgan fingerprint density at radius 3 is 2.11 bits per heavy atom. The van der Waals surface area contributed by atoms with Crippen LogP contribution in [0.5, 0.6) is 0 Å². The number of rotatable bonds is 1. The van der Waals surface area contributed by atoms with Crippen molar-refractivity contribution in [1.82, 2.24) is 0 Å². The minimum Gasteiger partial charge on any atom is -0.369 e. The summed E-state index contributed by atoms with van der Waals surface area (Å²) in [6.45, 7) is 3.96. The number of primary amides is 1. The summed E-state index contributed by atoms with van der Waals surface area (Å²) in [5.41, 5.74) is 4.93. The Kier molecular flexibility index (Phi) is 2.12. The van der Waals surface area contributed by atoms with E-state index in [1.54, 1.807) is 0 Å². The fourth-order valence-electron chi connectivity index (χ4n) is 0.921. The second kappa shape index (κ2) is 2.18. The topological polar surface area (TPSA) is 43.1 Å². The van der Waals surface area contributed by atoms with Crippen LogP contribution in [0.3, 0.4) is 0 Å². The van der Waals surface area contributed by atoms with Gasteiger partial charge in [0.1, 0.15) is 0 Å². The molecule has 0 saturated heterocycles. The molecular formula is C6H12ClNO. The van der Waals surface area contributed by atoms with E-state index in [4.69, 9.17) is 5.73 Å². The monoisotopic (exact) mass is 149 g/mol. The van der Waals surface area contributed by atoms with E-state index in [0.717, 1.165) is 6.42 Å². The number of amides is 1. The molecule has 2 nitrogen and oxygen atoms in total. The number of carbonyl (C=O) groups is 1. The molecule has 1 amide bonds. The third-order valence-electron chi connectivity index (χ3n) is 2.22. The van der Waals surface area contributed by atoms with E-state index in [1.807, 2.05) is 13.8 Å². The molecule has 1 aliphatic rings. The second-order valence-electron chi connectivity index (χ2n) is 2.89. The lowest BCUT2D eigenvalue weighted by Crippen LogP contribution is -2.22. The standard InChI is InChI=1S/C6H11NO.ClH/c1-4-3-6(4,2)5(7)8;/h4H,3H2,1-2H3,(H2,7,8);1H. The first kappa shape index (κ1) is 8.76. The molecule has 2 unspecified atom stereocenters. The lowest BCUT2D eigenvalue weighted by atomic mass is 10.1. The Morgan fingerprint density at radius 1 is 1.78 bits per heavy atom. The van der Waals surface area contributed by atoms with Crippen LogP contribution in [0.4, 0.5) is 0 Å². The van der Waals surface area contributed by atoms with Gasteiger partial charge in [-0.1, -0.05) is 13.8 Å². The van der Waals surface area contributed by atoms with Gasteiger partial charge in [0.05, 0.1) is 0 Å². The zero-order valence-electron chi connectivity index (χ0n) is 5.68. The molecule has 1 saturated carbocycles. The van der Waals surface area contributed by atoms with Crippen molar-refractivity contribution in [3.05, 3.63) is 0 Å². The first-order chi connectivity index (χ1) is 3.57. The largest absolute Gasteiger partial charge is 0.369 e. The maximum absolute atomic E-state index is 10.5. The normalized spacial score (nSPS) is 39.1. The minimum absolute atomic E-state index is 0. The van der Waals surface area contributed by atoms with Gasteiger partial charge in [-0.15, -0.1) is 12.4 Å². The molecule has 3 heteroatoms. The highest BCUT2D eigenvalue weighted by Crippen LogP contribution is 2.51. The zero-order valence-corrected chi connectivity index (χ0v) is 6.49. The van der Waals surface area contributed by atoms with E-state index >= 15 is 0 Å². The van der Waals surface area contributed by atoms with Crippen molar-refractivity contribution in [2.45, 2.75) is 20.3 Å². The lowest BCUT2D eigenvalue weighted by molar-refractivity contribution is -0.122. The smallest absolute Gasteiger partial charge is 0.223 e. The van der Waals surface area contributed by atoms with Gasteiger partial charge in [-0.2, -0.15) is 0 Å². The van der Waals surface area contributed by atoms with Gasteiger partial charge in [0.15, 0.2) is 0 Å².